The van der Waals surface area contributed by atoms with Crippen molar-refractivity contribution in [1.82, 2.24) is 4.31 Å². The van der Waals surface area contributed by atoms with Crippen LogP contribution in [0.25, 0.3) is 0 Å². The maximum absolute atomic E-state index is 12.8. The number of hydrogen-bond acceptors (Lipinski definition) is 4. The average Bonchev–Trinajstić information content (AvgIpc) is 2.69. The molecular formula is C19H18ClF3N2O4S. The third-order valence-electron chi connectivity index (χ3n) is 4.45. The molecule has 162 valence electrons. The van der Waals surface area contributed by atoms with Crippen molar-refractivity contribution >= 4 is 33.2 Å². The number of carbonyl (C=O) groups is 1. The van der Waals surface area contributed by atoms with Crippen LogP contribution in [0, 0.1) is 0 Å². The Morgan fingerprint density at radius 2 is 1.73 bits per heavy atom. The average molecular weight is 463 g/mol. The lowest BCUT2D eigenvalue weighted by atomic mass is 10.1. The number of nitrogens with zero attached hydrogens (tertiary/aromatic N) is 1. The van der Waals surface area contributed by atoms with Gasteiger partial charge in [-0.3, -0.25) is 4.79 Å². The van der Waals surface area contributed by atoms with E-state index in [-0.39, 0.29) is 48.3 Å². The zero-order valence-electron chi connectivity index (χ0n) is 15.6. The minimum Gasteiger partial charge on any atom is -0.379 e. The number of hydrogen-bond donors (Lipinski definition) is 1. The van der Waals surface area contributed by atoms with Crippen LogP contribution in [-0.2, 0) is 32.2 Å². The van der Waals surface area contributed by atoms with Crippen LogP contribution in [0.2, 0.25) is 5.02 Å². The van der Waals surface area contributed by atoms with Crippen molar-refractivity contribution in [3.8, 4) is 0 Å². The number of halogens is 4. The van der Waals surface area contributed by atoms with E-state index in [1.165, 1.54) is 34.6 Å². The topological polar surface area (TPSA) is 75.7 Å². The van der Waals surface area contributed by atoms with E-state index in [1.54, 1.807) is 0 Å². The Bertz CT molecular complexity index is 1020. The molecule has 1 aliphatic heterocycles. The van der Waals surface area contributed by atoms with Gasteiger partial charge >= 0.3 is 6.18 Å². The molecule has 1 N–H and O–H groups in total. The van der Waals surface area contributed by atoms with Crippen molar-refractivity contribution in [3.05, 3.63) is 58.6 Å². The number of anilines is 1. The molecule has 0 aliphatic carbocycles. The standard InChI is InChI=1S/C19H18ClF3N2O4S/c20-16-6-5-15(12-17(16)30(27,28)25-7-9-29-10-8-25)24-18(26)11-13-1-3-14(4-2-13)19(21,22)23/h1-6,12H,7-11H2,(H,24,26). The molecule has 0 bridgehead atoms. The van der Waals surface area contributed by atoms with Gasteiger partial charge in [0.25, 0.3) is 0 Å². The van der Waals surface area contributed by atoms with Gasteiger partial charge in [0.1, 0.15) is 4.90 Å². The zero-order valence-corrected chi connectivity index (χ0v) is 17.1. The molecule has 30 heavy (non-hydrogen) atoms. The van der Waals surface area contributed by atoms with E-state index < -0.39 is 27.7 Å². The van der Waals surface area contributed by atoms with Crippen molar-refractivity contribution in [2.75, 3.05) is 31.6 Å². The van der Waals surface area contributed by atoms with Gasteiger partial charge < -0.3 is 10.1 Å². The third kappa shape index (κ3) is 5.31. The predicted molar refractivity (Wildman–Crippen MR) is 105 cm³/mol. The number of carbonyl (C=O) groups excluding carboxylic acids is 1. The summed E-state index contributed by atoms with van der Waals surface area (Å²) < 4.78 is 69.9. The van der Waals surface area contributed by atoms with Gasteiger partial charge in [-0.25, -0.2) is 8.42 Å². The van der Waals surface area contributed by atoms with E-state index in [0.29, 0.717) is 5.56 Å². The summed E-state index contributed by atoms with van der Waals surface area (Å²) >= 11 is 6.08. The quantitative estimate of drug-likeness (QED) is 0.737. The van der Waals surface area contributed by atoms with Crippen molar-refractivity contribution in [1.29, 1.82) is 0 Å². The van der Waals surface area contributed by atoms with Crippen molar-refractivity contribution < 1.29 is 31.1 Å². The molecule has 1 fully saturated rings. The number of rotatable bonds is 5. The maximum Gasteiger partial charge on any atom is 0.416 e. The molecule has 2 aromatic rings. The van der Waals surface area contributed by atoms with Gasteiger partial charge in [0.05, 0.1) is 30.2 Å². The molecule has 0 spiro atoms. The van der Waals surface area contributed by atoms with Gasteiger partial charge in [-0.1, -0.05) is 23.7 Å². The second-order valence-corrected chi connectivity index (χ2v) is 8.89. The molecule has 2 aromatic carbocycles. The molecule has 1 heterocycles. The Labute approximate surface area is 176 Å². The monoisotopic (exact) mass is 462 g/mol. The first kappa shape index (κ1) is 22.5. The van der Waals surface area contributed by atoms with E-state index in [9.17, 15) is 26.4 Å². The van der Waals surface area contributed by atoms with Crippen LogP contribution in [0.1, 0.15) is 11.1 Å². The van der Waals surface area contributed by atoms with Gasteiger partial charge in [0, 0.05) is 18.8 Å². The lowest BCUT2D eigenvalue weighted by molar-refractivity contribution is -0.137. The molecule has 1 amide bonds. The lowest BCUT2D eigenvalue weighted by Crippen LogP contribution is -2.40. The summed E-state index contributed by atoms with van der Waals surface area (Å²) in [6, 6.07) is 8.32. The van der Waals surface area contributed by atoms with Gasteiger partial charge in [-0.05, 0) is 35.9 Å². The first-order chi connectivity index (χ1) is 14.1. The fourth-order valence-electron chi connectivity index (χ4n) is 2.91. The number of morpholine rings is 1. The molecule has 0 aromatic heterocycles. The Morgan fingerprint density at radius 1 is 1.10 bits per heavy atom. The minimum absolute atomic E-state index is 0.0160. The number of nitrogens with one attached hydrogen (secondary N) is 1. The fourth-order valence-corrected chi connectivity index (χ4v) is 4.82. The Morgan fingerprint density at radius 3 is 2.33 bits per heavy atom. The van der Waals surface area contributed by atoms with Gasteiger partial charge in [0.2, 0.25) is 15.9 Å². The highest BCUT2D eigenvalue weighted by molar-refractivity contribution is 7.89. The molecule has 6 nitrogen and oxygen atoms in total. The first-order valence-corrected chi connectivity index (χ1v) is 10.7. The molecule has 1 aliphatic rings. The van der Waals surface area contributed by atoms with E-state index in [1.807, 2.05) is 0 Å². The summed E-state index contributed by atoms with van der Waals surface area (Å²) in [5.74, 6) is -0.508. The van der Waals surface area contributed by atoms with Crippen LogP contribution in [0.5, 0.6) is 0 Å². The first-order valence-electron chi connectivity index (χ1n) is 8.91. The second kappa shape index (κ2) is 8.93. The van der Waals surface area contributed by atoms with Gasteiger partial charge in [-0.2, -0.15) is 17.5 Å². The highest BCUT2D eigenvalue weighted by Gasteiger charge is 2.30. The normalized spacial score (nSPS) is 15.7. The van der Waals surface area contributed by atoms with E-state index >= 15 is 0 Å². The molecule has 3 rings (SSSR count). The lowest BCUT2D eigenvalue weighted by Gasteiger charge is -2.26. The molecule has 0 radical (unpaired) electrons. The summed E-state index contributed by atoms with van der Waals surface area (Å²) in [6.07, 6.45) is -4.63. The number of ether oxygens (including phenoxy) is 1. The van der Waals surface area contributed by atoms with Crippen LogP contribution in [0.3, 0.4) is 0 Å². The summed E-state index contributed by atoms with van der Waals surface area (Å²) in [6.45, 7) is 0.952. The number of amides is 1. The summed E-state index contributed by atoms with van der Waals surface area (Å²) in [5, 5.41) is 2.57. The van der Waals surface area contributed by atoms with Crippen LogP contribution < -0.4 is 5.32 Å². The molecule has 0 saturated carbocycles. The summed E-state index contributed by atoms with van der Waals surface area (Å²) in [4.78, 5) is 12.1. The van der Waals surface area contributed by atoms with Crippen molar-refractivity contribution in [2.45, 2.75) is 17.5 Å². The van der Waals surface area contributed by atoms with Crippen LogP contribution >= 0.6 is 11.6 Å². The number of alkyl halides is 3. The van der Waals surface area contributed by atoms with E-state index in [4.69, 9.17) is 16.3 Å². The highest BCUT2D eigenvalue weighted by Crippen LogP contribution is 2.30. The van der Waals surface area contributed by atoms with Gasteiger partial charge in [0.15, 0.2) is 0 Å². The SMILES string of the molecule is O=C(Cc1ccc(C(F)(F)F)cc1)Nc1ccc(Cl)c(S(=O)(=O)N2CCOCC2)c1. The Hall–Kier alpha value is -2.14. The largest absolute Gasteiger partial charge is 0.416 e. The predicted octanol–water partition coefficient (Wildman–Crippen LogP) is 3.56. The second-order valence-electron chi connectivity index (χ2n) is 6.58. The maximum atomic E-state index is 12.8. The number of sulfonamides is 1. The molecule has 0 atom stereocenters. The van der Waals surface area contributed by atoms with Crippen molar-refractivity contribution in [3.63, 3.8) is 0 Å². The van der Waals surface area contributed by atoms with Gasteiger partial charge in [-0.15, -0.1) is 0 Å². The third-order valence-corrected chi connectivity index (χ3v) is 6.83. The smallest absolute Gasteiger partial charge is 0.379 e. The van der Waals surface area contributed by atoms with Crippen LogP contribution in [0.15, 0.2) is 47.4 Å². The number of benzene rings is 2. The fraction of sp³-hybridized carbons (Fsp3) is 0.316. The summed E-state index contributed by atoms with van der Waals surface area (Å²) in [7, 11) is -3.87. The van der Waals surface area contributed by atoms with Crippen LogP contribution in [0.4, 0.5) is 18.9 Å². The van der Waals surface area contributed by atoms with Crippen molar-refractivity contribution in [2.24, 2.45) is 0 Å². The molecular weight excluding hydrogens is 445 g/mol. The summed E-state index contributed by atoms with van der Waals surface area (Å²) in [5.41, 5.74) is -0.207. The van der Waals surface area contributed by atoms with E-state index in [0.717, 1.165) is 12.1 Å². The van der Waals surface area contributed by atoms with E-state index in [2.05, 4.69) is 5.32 Å². The molecule has 1 saturated heterocycles. The van der Waals surface area contributed by atoms with Crippen LogP contribution in [-0.4, -0.2) is 44.9 Å². The zero-order chi connectivity index (χ0) is 21.9. The highest BCUT2D eigenvalue weighted by atomic mass is 35.5. The molecule has 11 heteroatoms. The Balaban J connectivity index is 1.72. The Kier molecular flexibility index (Phi) is 6.71. The minimum atomic E-state index is -4.45. The molecule has 0 unspecified atom stereocenters.